The summed E-state index contributed by atoms with van der Waals surface area (Å²) < 4.78 is 13.4. The molecule has 0 saturated carbocycles. The second-order valence-electron chi connectivity index (χ2n) is 3.57. The van der Waals surface area contributed by atoms with E-state index in [1.54, 1.807) is 24.3 Å². The van der Waals surface area contributed by atoms with Crippen molar-refractivity contribution in [2.24, 2.45) is 0 Å². The van der Waals surface area contributed by atoms with Gasteiger partial charge in [-0.1, -0.05) is 29.8 Å². The molecular formula is C13H10ClFN2O. The smallest absolute Gasteiger partial charge is 0.308 e. The summed E-state index contributed by atoms with van der Waals surface area (Å²) in [5.41, 5.74) is 0.661. The van der Waals surface area contributed by atoms with E-state index in [-0.39, 0.29) is 5.69 Å². The first-order valence-electron chi connectivity index (χ1n) is 5.23. The number of anilines is 2. The van der Waals surface area contributed by atoms with Crippen LogP contribution in [0.5, 0.6) is 0 Å². The lowest BCUT2D eigenvalue weighted by Crippen LogP contribution is -2.20. The standard InChI is InChI=1S/C13H10ClFN2O/c14-9-6-7-11(15)12(8-9)17-13(18)16-10-4-2-1-3-5-10/h1-8H,(H2,16,17,18). The molecule has 2 aromatic rings. The van der Waals surface area contributed by atoms with Crippen molar-refractivity contribution >= 4 is 29.0 Å². The normalized spacial score (nSPS) is 9.89. The molecule has 2 rings (SSSR count). The molecule has 0 bridgehead atoms. The van der Waals surface area contributed by atoms with Crippen LogP contribution < -0.4 is 10.6 Å². The van der Waals surface area contributed by atoms with E-state index < -0.39 is 11.8 Å². The quantitative estimate of drug-likeness (QED) is 0.841. The summed E-state index contributed by atoms with van der Waals surface area (Å²) in [7, 11) is 0. The highest BCUT2D eigenvalue weighted by Gasteiger charge is 2.07. The maximum atomic E-state index is 13.4. The minimum atomic E-state index is -0.539. The van der Waals surface area contributed by atoms with Crippen LogP contribution in [0.2, 0.25) is 5.02 Å². The third-order valence-electron chi connectivity index (χ3n) is 2.21. The lowest BCUT2D eigenvalue weighted by Gasteiger charge is -2.08. The minimum Gasteiger partial charge on any atom is -0.308 e. The highest BCUT2D eigenvalue weighted by atomic mass is 35.5. The maximum absolute atomic E-state index is 13.4. The van der Waals surface area contributed by atoms with Gasteiger partial charge in [-0.3, -0.25) is 0 Å². The molecule has 2 aromatic carbocycles. The number of halogens is 2. The van der Waals surface area contributed by atoms with Gasteiger partial charge in [0.2, 0.25) is 0 Å². The molecule has 0 aliphatic carbocycles. The number of hydrogen-bond acceptors (Lipinski definition) is 1. The number of urea groups is 1. The summed E-state index contributed by atoms with van der Waals surface area (Å²) in [5.74, 6) is -0.539. The van der Waals surface area contributed by atoms with Gasteiger partial charge >= 0.3 is 6.03 Å². The third kappa shape index (κ3) is 3.21. The molecule has 0 atom stereocenters. The summed E-state index contributed by atoms with van der Waals surface area (Å²) in [6, 6.07) is 12.3. The molecular weight excluding hydrogens is 255 g/mol. The van der Waals surface area contributed by atoms with Gasteiger partial charge in [0.15, 0.2) is 0 Å². The topological polar surface area (TPSA) is 41.1 Å². The van der Waals surface area contributed by atoms with E-state index in [1.165, 1.54) is 18.2 Å². The fraction of sp³-hybridized carbons (Fsp3) is 0. The van der Waals surface area contributed by atoms with Gasteiger partial charge in [0.1, 0.15) is 5.82 Å². The van der Waals surface area contributed by atoms with Gasteiger partial charge in [-0.05, 0) is 30.3 Å². The molecule has 5 heteroatoms. The summed E-state index contributed by atoms with van der Waals surface area (Å²) in [4.78, 5) is 11.6. The van der Waals surface area contributed by atoms with Crippen LogP contribution in [-0.4, -0.2) is 6.03 Å². The second kappa shape index (κ2) is 5.51. The van der Waals surface area contributed by atoms with E-state index in [2.05, 4.69) is 10.6 Å². The molecule has 0 spiro atoms. The summed E-state index contributed by atoms with van der Waals surface area (Å²) in [5, 5.41) is 5.32. The molecule has 0 heterocycles. The number of benzene rings is 2. The Morgan fingerprint density at radius 2 is 1.78 bits per heavy atom. The minimum absolute atomic E-state index is 0.0379. The molecule has 18 heavy (non-hydrogen) atoms. The highest BCUT2D eigenvalue weighted by molar-refractivity contribution is 6.30. The fourth-order valence-electron chi connectivity index (χ4n) is 1.40. The van der Waals surface area contributed by atoms with Gasteiger partial charge in [0.05, 0.1) is 5.69 Å². The van der Waals surface area contributed by atoms with Crippen molar-refractivity contribution in [2.45, 2.75) is 0 Å². The van der Waals surface area contributed by atoms with Crippen molar-refractivity contribution < 1.29 is 9.18 Å². The van der Waals surface area contributed by atoms with Crippen molar-refractivity contribution in [3.05, 3.63) is 59.4 Å². The summed E-state index contributed by atoms with van der Waals surface area (Å²) in [6.07, 6.45) is 0. The average Bonchev–Trinajstić information content (AvgIpc) is 2.35. The number of hydrogen-bond donors (Lipinski definition) is 2. The van der Waals surface area contributed by atoms with Crippen LogP contribution >= 0.6 is 11.6 Å². The van der Waals surface area contributed by atoms with E-state index in [0.717, 1.165) is 0 Å². The van der Waals surface area contributed by atoms with Crippen molar-refractivity contribution in [2.75, 3.05) is 10.6 Å². The molecule has 0 aromatic heterocycles. The third-order valence-corrected chi connectivity index (χ3v) is 2.44. The lowest BCUT2D eigenvalue weighted by atomic mass is 10.3. The number of carbonyl (C=O) groups is 1. The Morgan fingerprint density at radius 3 is 2.50 bits per heavy atom. The molecule has 0 fully saturated rings. The fourth-order valence-corrected chi connectivity index (χ4v) is 1.57. The molecule has 0 unspecified atom stereocenters. The van der Waals surface area contributed by atoms with E-state index in [9.17, 15) is 9.18 Å². The predicted octanol–water partition coefficient (Wildman–Crippen LogP) is 4.12. The lowest BCUT2D eigenvalue weighted by molar-refractivity contribution is 0.262. The van der Waals surface area contributed by atoms with Crippen LogP contribution in [0.3, 0.4) is 0 Å². The number of carbonyl (C=O) groups excluding carboxylic acids is 1. The van der Waals surface area contributed by atoms with E-state index in [0.29, 0.717) is 10.7 Å². The molecule has 2 amide bonds. The zero-order chi connectivity index (χ0) is 13.0. The first-order chi connectivity index (χ1) is 8.65. The molecule has 92 valence electrons. The molecule has 0 radical (unpaired) electrons. The average molecular weight is 265 g/mol. The molecule has 0 aliphatic rings. The Morgan fingerprint density at radius 1 is 1.06 bits per heavy atom. The molecule has 2 N–H and O–H groups in total. The van der Waals surface area contributed by atoms with Crippen molar-refractivity contribution in [1.29, 1.82) is 0 Å². The van der Waals surface area contributed by atoms with Crippen LogP contribution in [0.4, 0.5) is 20.6 Å². The van der Waals surface area contributed by atoms with Crippen LogP contribution in [0, 0.1) is 5.82 Å². The second-order valence-corrected chi connectivity index (χ2v) is 4.01. The van der Waals surface area contributed by atoms with Gasteiger partial charge in [0, 0.05) is 10.7 Å². The Labute approximate surface area is 109 Å². The van der Waals surface area contributed by atoms with E-state index >= 15 is 0 Å². The SMILES string of the molecule is O=C(Nc1ccccc1)Nc1cc(Cl)ccc1F. The Kier molecular flexibility index (Phi) is 3.79. The largest absolute Gasteiger partial charge is 0.323 e. The number of nitrogens with one attached hydrogen (secondary N) is 2. The van der Waals surface area contributed by atoms with Crippen LogP contribution in [-0.2, 0) is 0 Å². The van der Waals surface area contributed by atoms with Crippen LogP contribution in [0.1, 0.15) is 0 Å². The van der Waals surface area contributed by atoms with Crippen molar-refractivity contribution in [3.63, 3.8) is 0 Å². The van der Waals surface area contributed by atoms with Crippen LogP contribution in [0.25, 0.3) is 0 Å². The van der Waals surface area contributed by atoms with Crippen molar-refractivity contribution in [3.8, 4) is 0 Å². The predicted molar refractivity (Wildman–Crippen MR) is 70.5 cm³/mol. The zero-order valence-electron chi connectivity index (χ0n) is 9.28. The summed E-state index contributed by atoms with van der Waals surface area (Å²) in [6.45, 7) is 0. The monoisotopic (exact) mass is 264 g/mol. The highest BCUT2D eigenvalue weighted by Crippen LogP contribution is 2.19. The number of amides is 2. The molecule has 3 nitrogen and oxygen atoms in total. The molecule has 0 saturated heterocycles. The van der Waals surface area contributed by atoms with Crippen molar-refractivity contribution in [1.82, 2.24) is 0 Å². The Bertz CT molecular complexity index is 560. The Balaban J connectivity index is 2.05. The van der Waals surface area contributed by atoms with Gasteiger partial charge < -0.3 is 10.6 Å². The number of rotatable bonds is 2. The van der Waals surface area contributed by atoms with Gasteiger partial charge in [-0.15, -0.1) is 0 Å². The maximum Gasteiger partial charge on any atom is 0.323 e. The van der Waals surface area contributed by atoms with Gasteiger partial charge in [-0.2, -0.15) is 0 Å². The summed E-state index contributed by atoms with van der Waals surface area (Å²) >= 11 is 5.72. The van der Waals surface area contributed by atoms with Gasteiger partial charge in [-0.25, -0.2) is 9.18 Å². The van der Waals surface area contributed by atoms with Gasteiger partial charge in [0.25, 0.3) is 0 Å². The Hall–Kier alpha value is -2.07. The van der Waals surface area contributed by atoms with E-state index in [1.807, 2.05) is 6.07 Å². The van der Waals surface area contributed by atoms with Crippen LogP contribution in [0.15, 0.2) is 48.5 Å². The number of para-hydroxylation sites is 1. The molecule has 0 aliphatic heterocycles. The first kappa shape index (κ1) is 12.4. The first-order valence-corrected chi connectivity index (χ1v) is 5.61. The zero-order valence-corrected chi connectivity index (χ0v) is 10.0. The van der Waals surface area contributed by atoms with E-state index in [4.69, 9.17) is 11.6 Å².